The third-order valence-electron chi connectivity index (χ3n) is 2.97. The molecule has 0 saturated carbocycles. The number of benzene rings is 1. The molecule has 6 heteroatoms. The van der Waals surface area contributed by atoms with Gasteiger partial charge in [0, 0.05) is 18.0 Å². The van der Waals surface area contributed by atoms with Crippen molar-refractivity contribution in [1.29, 1.82) is 0 Å². The van der Waals surface area contributed by atoms with Crippen molar-refractivity contribution in [3.05, 3.63) is 40.4 Å². The van der Waals surface area contributed by atoms with E-state index in [1.54, 1.807) is 5.38 Å². The third kappa shape index (κ3) is 4.39. The molecule has 2 N–H and O–H groups in total. The minimum absolute atomic E-state index is 0.127. The second kappa shape index (κ2) is 6.49. The number of nitrogens with one attached hydrogen (secondary N) is 2. The summed E-state index contributed by atoms with van der Waals surface area (Å²) in [7, 11) is 0. The number of carbonyl (C=O) groups excluding carboxylic acids is 2. The zero-order valence-electron chi connectivity index (χ0n) is 12.2. The Balaban J connectivity index is 1.96. The summed E-state index contributed by atoms with van der Waals surface area (Å²) in [6.45, 7) is 5.46. The van der Waals surface area contributed by atoms with Gasteiger partial charge in [-0.3, -0.25) is 9.59 Å². The molecule has 0 spiro atoms. The fourth-order valence-electron chi connectivity index (χ4n) is 1.79. The smallest absolute Gasteiger partial charge is 0.230 e. The summed E-state index contributed by atoms with van der Waals surface area (Å²) in [4.78, 5) is 27.1. The maximum Gasteiger partial charge on any atom is 0.230 e. The maximum atomic E-state index is 12.0. The Kier molecular flexibility index (Phi) is 4.70. The molecule has 2 rings (SSSR count). The molecule has 2 amide bonds. The molecule has 21 heavy (non-hydrogen) atoms. The van der Waals surface area contributed by atoms with Crippen molar-refractivity contribution < 1.29 is 9.59 Å². The van der Waals surface area contributed by atoms with E-state index in [4.69, 9.17) is 0 Å². The van der Waals surface area contributed by atoms with Gasteiger partial charge in [-0.05, 0) is 37.1 Å². The van der Waals surface area contributed by atoms with E-state index in [9.17, 15) is 9.59 Å². The number of amides is 2. The van der Waals surface area contributed by atoms with Crippen LogP contribution in [0.1, 0.15) is 23.7 Å². The van der Waals surface area contributed by atoms with Crippen molar-refractivity contribution in [3.8, 4) is 0 Å². The van der Waals surface area contributed by atoms with E-state index in [2.05, 4.69) is 15.6 Å². The highest BCUT2D eigenvalue weighted by Crippen LogP contribution is 2.17. The quantitative estimate of drug-likeness (QED) is 0.912. The van der Waals surface area contributed by atoms with Crippen LogP contribution in [0, 0.1) is 13.8 Å². The van der Waals surface area contributed by atoms with Gasteiger partial charge >= 0.3 is 0 Å². The van der Waals surface area contributed by atoms with Crippen LogP contribution < -0.4 is 10.6 Å². The summed E-state index contributed by atoms with van der Waals surface area (Å²) in [6, 6.07) is 5.80. The lowest BCUT2D eigenvalue weighted by atomic mass is 10.1. The van der Waals surface area contributed by atoms with Crippen LogP contribution >= 0.6 is 11.3 Å². The van der Waals surface area contributed by atoms with Gasteiger partial charge < -0.3 is 10.6 Å². The minimum atomic E-state index is -0.171. The number of aryl methyl sites for hydroxylation is 2. The van der Waals surface area contributed by atoms with Crippen molar-refractivity contribution in [2.45, 2.75) is 27.2 Å². The third-order valence-corrected chi connectivity index (χ3v) is 3.77. The van der Waals surface area contributed by atoms with Crippen LogP contribution in [0.2, 0.25) is 0 Å². The largest absolute Gasteiger partial charge is 0.326 e. The molecule has 0 fully saturated rings. The molecule has 0 aliphatic rings. The lowest BCUT2D eigenvalue weighted by Crippen LogP contribution is -2.15. The Labute approximate surface area is 127 Å². The second-order valence-electron chi connectivity index (χ2n) is 4.85. The molecular formula is C15H17N3O2S. The predicted molar refractivity (Wildman–Crippen MR) is 84.7 cm³/mol. The number of nitrogens with zero attached hydrogens (tertiary/aromatic N) is 1. The number of thiazole rings is 1. The van der Waals surface area contributed by atoms with E-state index >= 15 is 0 Å². The highest BCUT2D eigenvalue weighted by atomic mass is 32.1. The number of anilines is 2. The summed E-state index contributed by atoms with van der Waals surface area (Å²) in [5.41, 5.74) is 3.74. The van der Waals surface area contributed by atoms with Crippen LogP contribution in [0.3, 0.4) is 0 Å². The molecule has 0 atom stereocenters. The van der Waals surface area contributed by atoms with Crippen LogP contribution in [0.15, 0.2) is 23.6 Å². The first-order valence-corrected chi connectivity index (χ1v) is 7.41. The van der Waals surface area contributed by atoms with Crippen LogP contribution in [0.4, 0.5) is 10.8 Å². The fourth-order valence-corrected chi connectivity index (χ4v) is 2.54. The topological polar surface area (TPSA) is 71.1 Å². The number of hydrogen-bond donors (Lipinski definition) is 2. The van der Waals surface area contributed by atoms with Crippen molar-refractivity contribution in [1.82, 2.24) is 4.98 Å². The molecule has 1 aromatic carbocycles. The van der Waals surface area contributed by atoms with Gasteiger partial charge in [0.15, 0.2) is 5.13 Å². The van der Waals surface area contributed by atoms with E-state index in [1.165, 1.54) is 23.8 Å². The minimum Gasteiger partial charge on any atom is -0.326 e. The van der Waals surface area contributed by atoms with Gasteiger partial charge in [-0.15, -0.1) is 11.3 Å². The molecular weight excluding hydrogens is 286 g/mol. The Bertz CT molecular complexity index is 679. The summed E-state index contributed by atoms with van der Waals surface area (Å²) in [5.74, 6) is -0.298. The lowest BCUT2D eigenvalue weighted by molar-refractivity contribution is -0.116. The molecule has 1 aromatic heterocycles. The molecule has 0 unspecified atom stereocenters. The molecule has 0 aliphatic heterocycles. The highest BCUT2D eigenvalue weighted by molar-refractivity contribution is 7.13. The number of hydrogen-bond acceptors (Lipinski definition) is 4. The normalized spacial score (nSPS) is 10.2. The van der Waals surface area contributed by atoms with Gasteiger partial charge in [0.2, 0.25) is 11.8 Å². The van der Waals surface area contributed by atoms with E-state index in [1.807, 2.05) is 32.0 Å². The van der Waals surface area contributed by atoms with Crippen LogP contribution in [0.25, 0.3) is 0 Å². The zero-order chi connectivity index (χ0) is 15.4. The van der Waals surface area contributed by atoms with Gasteiger partial charge in [0.25, 0.3) is 0 Å². The van der Waals surface area contributed by atoms with Gasteiger partial charge in [-0.2, -0.15) is 0 Å². The van der Waals surface area contributed by atoms with Crippen molar-refractivity contribution >= 4 is 34.0 Å². The van der Waals surface area contributed by atoms with Crippen LogP contribution in [-0.4, -0.2) is 16.8 Å². The molecule has 5 nitrogen and oxygen atoms in total. The molecule has 1 heterocycles. The lowest BCUT2D eigenvalue weighted by Gasteiger charge is -2.06. The van der Waals surface area contributed by atoms with Gasteiger partial charge in [0.1, 0.15) is 0 Å². The summed E-state index contributed by atoms with van der Waals surface area (Å²) in [5, 5.41) is 7.73. The predicted octanol–water partition coefficient (Wildman–Crippen LogP) is 2.90. The average molecular weight is 303 g/mol. The van der Waals surface area contributed by atoms with Crippen molar-refractivity contribution in [3.63, 3.8) is 0 Å². The maximum absolute atomic E-state index is 12.0. The Morgan fingerprint density at radius 1 is 1.19 bits per heavy atom. The molecule has 0 aliphatic carbocycles. The molecule has 0 bridgehead atoms. The summed E-state index contributed by atoms with van der Waals surface area (Å²) in [6.07, 6.45) is 0.184. The Morgan fingerprint density at radius 3 is 2.62 bits per heavy atom. The Morgan fingerprint density at radius 2 is 1.95 bits per heavy atom. The van der Waals surface area contributed by atoms with Crippen LogP contribution in [-0.2, 0) is 16.0 Å². The number of carbonyl (C=O) groups is 2. The van der Waals surface area contributed by atoms with E-state index < -0.39 is 0 Å². The SMILES string of the molecule is CC(=O)Nc1nc(CC(=O)Nc2ccc(C)c(C)c2)cs1. The standard InChI is InChI=1S/C15H17N3O2S/c1-9-4-5-12(6-10(9)2)17-14(20)7-13-8-21-15(18-13)16-11(3)19/h4-6,8H,7H2,1-3H3,(H,17,20)(H,16,18,19). The van der Waals surface area contributed by atoms with Crippen molar-refractivity contribution in [2.75, 3.05) is 10.6 Å². The van der Waals surface area contributed by atoms with Gasteiger partial charge in [0.05, 0.1) is 12.1 Å². The number of rotatable bonds is 4. The molecule has 0 saturated heterocycles. The summed E-state index contributed by atoms with van der Waals surface area (Å²) >= 11 is 1.31. The molecule has 0 radical (unpaired) electrons. The monoisotopic (exact) mass is 303 g/mol. The Hall–Kier alpha value is -2.21. The molecule has 110 valence electrons. The van der Waals surface area contributed by atoms with E-state index in [0.717, 1.165) is 11.3 Å². The summed E-state index contributed by atoms with van der Waals surface area (Å²) < 4.78 is 0. The van der Waals surface area contributed by atoms with Crippen molar-refractivity contribution in [2.24, 2.45) is 0 Å². The highest BCUT2D eigenvalue weighted by Gasteiger charge is 2.09. The van der Waals surface area contributed by atoms with E-state index in [-0.39, 0.29) is 18.2 Å². The zero-order valence-corrected chi connectivity index (χ0v) is 13.0. The van der Waals surface area contributed by atoms with Gasteiger partial charge in [-0.25, -0.2) is 4.98 Å². The van der Waals surface area contributed by atoms with Gasteiger partial charge in [-0.1, -0.05) is 6.07 Å². The average Bonchev–Trinajstić information content (AvgIpc) is 2.80. The molecule has 2 aromatic rings. The first-order chi connectivity index (χ1) is 9.94. The number of aromatic nitrogens is 1. The fraction of sp³-hybridized carbons (Fsp3) is 0.267. The first kappa shape index (κ1) is 15.2. The first-order valence-electron chi connectivity index (χ1n) is 6.53. The second-order valence-corrected chi connectivity index (χ2v) is 5.71. The van der Waals surface area contributed by atoms with E-state index in [0.29, 0.717) is 10.8 Å². The van der Waals surface area contributed by atoms with Crippen LogP contribution in [0.5, 0.6) is 0 Å².